The maximum absolute atomic E-state index is 6.14. The van der Waals surface area contributed by atoms with Crippen LogP contribution in [-0.4, -0.2) is 35.7 Å². The smallest absolute Gasteiger partial charge is 0.259 e. The van der Waals surface area contributed by atoms with Crippen LogP contribution >= 0.6 is 27.5 Å². The van der Waals surface area contributed by atoms with Crippen LogP contribution in [0.5, 0.6) is 0 Å². The van der Waals surface area contributed by atoms with Gasteiger partial charge in [-0.3, -0.25) is 0 Å². The van der Waals surface area contributed by atoms with Gasteiger partial charge in [-0.15, -0.1) is 0 Å². The van der Waals surface area contributed by atoms with Gasteiger partial charge >= 0.3 is 0 Å². The Bertz CT molecular complexity index is 573. The Morgan fingerprint density at radius 3 is 2.84 bits per heavy atom. The number of rotatable bonds is 4. The zero-order valence-corrected chi connectivity index (χ0v) is 12.9. The van der Waals surface area contributed by atoms with Crippen molar-refractivity contribution in [2.24, 2.45) is 5.73 Å². The van der Waals surface area contributed by atoms with Gasteiger partial charge in [0.25, 0.3) is 5.89 Å². The molecule has 0 bridgehead atoms. The molecule has 2 N–H and O–H groups in total. The van der Waals surface area contributed by atoms with E-state index in [0.29, 0.717) is 28.8 Å². The zero-order chi connectivity index (χ0) is 14.0. The predicted molar refractivity (Wildman–Crippen MR) is 77.9 cm³/mol. The van der Waals surface area contributed by atoms with Crippen LogP contribution in [0.1, 0.15) is 11.9 Å². The summed E-state index contributed by atoms with van der Waals surface area (Å²) in [4.78, 5) is 6.26. The molecule has 2 rings (SSSR count). The van der Waals surface area contributed by atoms with Gasteiger partial charge in [0.05, 0.1) is 16.6 Å². The third-order valence-corrected chi connectivity index (χ3v) is 3.30. The first-order valence-corrected chi connectivity index (χ1v) is 6.84. The van der Waals surface area contributed by atoms with E-state index in [1.165, 1.54) is 0 Å². The van der Waals surface area contributed by atoms with Crippen molar-refractivity contribution in [2.45, 2.75) is 6.04 Å². The number of nitrogens with zero attached hydrogens (tertiary/aromatic N) is 3. The summed E-state index contributed by atoms with van der Waals surface area (Å²) in [7, 11) is 3.87. The molecule has 0 fully saturated rings. The second kappa shape index (κ2) is 6.00. The largest absolute Gasteiger partial charge is 0.334 e. The molecule has 5 nitrogen and oxygen atoms in total. The lowest BCUT2D eigenvalue weighted by atomic mass is 10.2. The molecule has 1 atom stereocenters. The van der Waals surface area contributed by atoms with E-state index in [1.54, 1.807) is 6.07 Å². The highest BCUT2D eigenvalue weighted by Crippen LogP contribution is 2.29. The third kappa shape index (κ3) is 3.54. The second-order valence-corrected chi connectivity index (χ2v) is 5.77. The molecule has 7 heteroatoms. The highest BCUT2D eigenvalue weighted by molar-refractivity contribution is 9.10. The SMILES string of the molecule is CN(C)CC(N)c1noc(-c2ccc(Br)cc2Cl)n1. The Balaban J connectivity index is 2.25. The van der Waals surface area contributed by atoms with E-state index in [1.807, 2.05) is 31.1 Å². The molecule has 0 spiro atoms. The molecule has 102 valence electrons. The highest BCUT2D eigenvalue weighted by atomic mass is 79.9. The molecule has 1 unspecified atom stereocenters. The minimum Gasteiger partial charge on any atom is -0.334 e. The van der Waals surface area contributed by atoms with Crippen molar-refractivity contribution < 1.29 is 4.52 Å². The van der Waals surface area contributed by atoms with E-state index >= 15 is 0 Å². The lowest BCUT2D eigenvalue weighted by Crippen LogP contribution is -2.26. The van der Waals surface area contributed by atoms with E-state index in [9.17, 15) is 0 Å². The number of likely N-dealkylation sites (N-methyl/N-ethyl adjacent to an activating group) is 1. The van der Waals surface area contributed by atoms with Crippen LogP contribution in [0, 0.1) is 0 Å². The van der Waals surface area contributed by atoms with Gasteiger partial charge in [-0.1, -0.05) is 32.7 Å². The molecule has 1 heterocycles. The fourth-order valence-electron chi connectivity index (χ4n) is 1.63. The normalized spacial score (nSPS) is 12.9. The fraction of sp³-hybridized carbons (Fsp3) is 0.333. The lowest BCUT2D eigenvalue weighted by molar-refractivity contribution is 0.357. The van der Waals surface area contributed by atoms with Gasteiger partial charge in [0.15, 0.2) is 5.82 Å². The Labute approximate surface area is 124 Å². The van der Waals surface area contributed by atoms with Crippen LogP contribution in [0.25, 0.3) is 11.5 Å². The number of benzene rings is 1. The summed E-state index contributed by atoms with van der Waals surface area (Å²) in [6.07, 6.45) is 0. The van der Waals surface area contributed by atoms with E-state index in [4.69, 9.17) is 21.9 Å². The standard InChI is InChI=1S/C12H14BrClN4O/c1-18(2)6-10(15)11-16-12(19-17-11)8-4-3-7(13)5-9(8)14/h3-5,10H,6,15H2,1-2H3. The van der Waals surface area contributed by atoms with Crippen LogP contribution in [0.4, 0.5) is 0 Å². The molecule has 19 heavy (non-hydrogen) atoms. The van der Waals surface area contributed by atoms with Gasteiger partial charge in [0.1, 0.15) is 0 Å². The molecule has 1 aromatic heterocycles. The van der Waals surface area contributed by atoms with Crippen LogP contribution in [0.15, 0.2) is 27.2 Å². The molecule has 0 saturated carbocycles. The van der Waals surface area contributed by atoms with Gasteiger partial charge in [-0.2, -0.15) is 4.98 Å². The number of hydrogen-bond donors (Lipinski definition) is 1. The second-order valence-electron chi connectivity index (χ2n) is 4.45. The Morgan fingerprint density at radius 1 is 1.47 bits per heavy atom. The van der Waals surface area contributed by atoms with E-state index in [2.05, 4.69) is 26.1 Å². The molecule has 0 amide bonds. The number of nitrogens with two attached hydrogens (primary N) is 1. The molecular weight excluding hydrogens is 332 g/mol. The van der Waals surface area contributed by atoms with Gasteiger partial charge in [-0.05, 0) is 32.3 Å². The molecule has 0 saturated heterocycles. The topological polar surface area (TPSA) is 68.2 Å². The molecule has 2 aromatic rings. The van der Waals surface area contributed by atoms with E-state index < -0.39 is 0 Å². The van der Waals surface area contributed by atoms with Gasteiger partial charge in [-0.25, -0.2) is 0 Å². The molecule has 0 aliphatic rings. The average molecular weight is 346 g/mol. The highest BCUT2D eigenvalue weighted by Gasteiger charge is 2.17. The maximum Gasteiger partial charge on any atom is 0.259 e. The zero-order valence-electron chi connectivity index (χ0n) is 10.6. The van der Waals surface area contributed by atoms with E-state index in [0.717, 1.165) is 4.47 Å². The number of halogens is 2. The molecule has 0 aliphatic heterocycles. The number of hydrogen-bond acceptors (Lipinski definition) is 5. The minimum atomic E-state index is -0.290. The summed E-state index contributed by atoms with van der Waals surface area (Å²) in [5.74, 6) is 0.851. The summed E-state index contributed by atoms with van der Waals surface area (Å²) >= 11 is 9.49. The molecule has 0 aliphatic carbocycles. The van der Waals surface area contributed by atoms with Crippen molar-refractivity contribution in [2.75, 3.05) is 20.6 Å². The maximum atomic E-state index is 6.14. The van der Waals surface area contributed by atoms with Crippen molar-refractivity contribution in [1.82, 2.24) is 15.0 Å². The van der Waals surface area contributed by atoms with Gasteiger partial charge in [0.2, 0.25) is 0 Å². The minimum absolute atomic E-state index is 0.290. The fourth-order valence-corrected chi connectivity index (χ4v) is 2.39. The first-order chi connectivity index (χ1) is 8.97. The molecule has 1 aromatic carbocycles. The predicted octanol–water partition coefficient (Wildman–Crippen LogP) is 2.71. The Morgan fingerprint density at radius 2 is 2.21 bits per heavy atom. The van der Waals surface area contributed by atoms with Crippen LogP contribution in [0.2, 0.25) is 5.02 Å². The van der Waals surface area contributed by atoms with E-state index in [-0.39, 0.29) is 6.04 Å². The third-order valence-electron chi connectivity index (χ3n) is 2.50. The van der Waals surface area contributed by atoms with Crippen molar-refractivity contribution in [3.8, 4) is 11.5 Å². The van der Waals surface area contributed by atoms with Crippen molar-refractivity contribution in [3.63, 3.8) is 0 Å². The van der Waals surface area contributed by atoms with Crippen molar-refractivity contribution in [3.05, 3.63) is 33.5 Å². The summed E-state index contributed by atoms with van der Waals surface area (Å²) < 4.78 is 6.11. The van der Waals surface area contributed by atoms with Crippen molar-refractivity contribution >= 4 is 27.5 Å². The summed E-state index contributed by atoms with van der Waals surface area (Å²) in [6.45, 7) is 0.646. The average Bonchev–Trinajstić information content (AvgIpc) is 2.77. The summed E-state index contributed by atoms with van der Waals surface area (Å²) in [6, 6.07) is 5.17. The van der Waals surface area contributed by atoms with Gasteiger partial charge in [0, 0.05) is 11.0 Å². The summed E-state index contributed by atoms with van der Waals surface area (Å²) in [5, 5.41) is 4.45. The Kier molecular flexibility index (Phi) is 4.57. The van der Waals surface area contributed by atoms with Crippen molar-refractivity contribution in [1.29, 1.82) is 0 Å². The first-order valence-electron chi connectivity index (χ1n) is 5.66. The van der Waals surface area contributed by atoms with Crippen LogP contribution in [0.3, 0.4) is 0 Å². The lowest BCUT2D eigenvalue weighted by Gasteiger charge is -2.12. The summed E-state index contributed by atoms with van der Waals surface area (Å²) in [5.41, 5.74) is 6.68. The number of aromatic nitrogens is 2. The Hall–Kier alpha value is -0.950. The monoisotopic (exact) mass is 344 g/mol. The van der Waals surface area contributed by atoms with Crippen LogP contribution < -0.4 is 5.73 Å². The van der Waals surface area contributed by atoms with Gasteiger partial charge < -0.3 is 15.2 Å². The quantitative estimate of drug-likeness (QED) is 0.923. The molecule has 0 radical (unpaired) electrons. The molecular formula is C12H14BrClN4O. The first kappa shape index (κ1) is 14.5. The van der Waals surface area contributed by atoms with Crippen LogP contribution in [-0.2, 0) is 0 Å².